The van der Waals surface area contributed by atoms with Gasteiger partial charge in [0.2, 0.25) is 0 Å². The summed E-state index contributed by atoms with van der Waals surface area (Å²) in [7, 11) is 0. The third kappa shape index (κ3) is 4.75. The van der Waals surface area contributed by atoms with Crippen molar-refractivity contribution in [1.29, 1.82) is 5.26 Å². The van der Waals surface area contributed by atoms with Crippen molar-refractivity contribution in [3.63, 3.8) is 0 Å². The molecule has 0 radical (unpaired) electrons. The van der Waals surface area contributed by atoms with Gasteiger partial charge in [0.25, 0.3) is 11.6 Å². The van der Waals surface area contributed by atoms with Crippen molar-refractivity contribution in [3.05, 3.63) is 99.6 Å². The lowest BCUT2D eigenvalue weighted by Gasteiger charge is -2.11. The van der Waals surface area contributed by atoms with E-state index >= 15 is 0 Å². The van der Waals surface area contributed by atoms with Gasteiger partial charge in [-0.3, -0.25) is 14.9 Å². The van der Waals surface area contributed by atoms with Crippen molar-refractivity contribution in [1.82, 2.24) is 0 Å². The largest absolute Gasteiger partial charge is 0.321 e. The van der Waals surface area contributed by atoms with Crippen LogP contribution in [-0.4, -0.2) is 10.8 Å². The van der Waals surface area contributed by atoms with E-state index in [4.69, 9.17) is 5.26 Å². The van der Waals surface area contributed by atoms with Gasteiger partial charge in [-0.05, 0) is 42.0 Å². The first-order chi connectivity index (χ1) is 13.6. The topological polar surface area (TPSA) is 96.0 Å². The molecule has 0 saturated heterocycles. The number of nitrogens with zero attached hydrogens (tertiary/aromatic N) is 2. The van der Waals surface area contributed by atoms with Crippen LogP contribution in [0, 0.1) is 21.4 Å². The molecular weight excluding hydrogens is 374 g/mol. The Morgan fingerprint density at radius 2 is 1.71 bits per heavy atom. The molecular formula is C21H15N3O3S. The van der Waals surface area contributed by atoms with Crippen molar-refractivity contribution in [2.75, 3.05) is 5.32 Å². The molecule has 3 aromatic carbocycles. The maximum Gasteiger partial charge on any atom is 0.269 e. The monoisotopic (exact) mass is 389 g/mol. The Kier molecular flexibility index (Phi) is 6.04. The van der Waals surface area contributed by atoms with E-state index in [-0.39, 0.29) is 11.6 Å². The lowest BCUT2D eigenvalue weighted by molar-refractivity contribution is -0.384. The fraction of sp³-hybridized carbons (Fsp3) is 0.0476. The quantitative estimate of drug-likeness (QED) is 0.363. The van der Waals surface area contributed by atoms with E-state index in [0.717, 1.165) is 10.5 Å². The fourth-order valence-corrected chi connectivity index (χ4v) is 3.43. The second-order valence-corrected chi connectivity index (χ2v) is 6.87. The number of nitro benzene ring substituents is 1. The zero-order chi connectivity index (χ0) is 19.9. The van der Waals surface area contributed by atoms with Gasteiger partial charge in [-0.15, -0.1) is 11.8 Å². The molecule has 0 aliphatic carbocycles. The number of rotatable bonds is 6. The molecule has 7 heteroatoms. The van der Waals surface area contributed by atoms with E-state index < -0.39 is 4.92 Å². The van der Waals surface area contributed by atoms with E-state index in [9.17, 15) is 14.9 Å². The summed E-state index contributed by atoms with van der Waals surface area (Å²) < 4.78 is 0. The van der Waals surface area contributed by atoms with Crippen molar-refractivity contribution in [2.45, 2.75) is 10.6 Å². The Labute approximate surface area is 166 Å². The van der Waals surface area contributed by atoms with Gasteiger partial charge in [0.15, 0.2) is 0 Å². The molecule has 0 fully saturated rings. The van der Waals surface area contributed by atoms with Crippen LogP contribution < -0.4 is 5.32 Å². The lowest BCUT2D eigenvalue weighted by atomic mass is 10.2. The molecule has 0 aromatic heterocycles. The van der Waals surface area contributed by atoms with Crippen molar-refractivity contribution >= 4 is 29.0 Å². The molecule has 1 amide bonds. The molecule has 1 N–H and O–H groups in total. The van der Waals surface area contributed by atoms with Crippen molar-refractivity contribution in [3.8, 4) is 6.07 Å². The zero-order valence-electron chi connectivity index (χ0n) is 14.7. The van der Waals surface area contributed by atoms with Crippen LogP contribution in [0.5, 0.6) is 0 Å². The van der Waals surface area contributed by atoms with Crippen LogP contribution >= 0.6 is 11.8 Å². The SMILES string of the molecule is N#Cc1ccc(CSc2ccccc2NC(=O)c2ccc([N+](=O)[O-])cc2)cc1. The first-order valence-electron chi connectivity index (χ1n) is 8.33. The minimum absolute atomic E-state index is 0.0603. The Bertz CT molecular complexity index is 1040. The second kappa shape index (κ2) is 8.84. The summed E-state index contributed by atoms with van der Waals surface area (Å²) >= 11 is 1.57. The number of para-hydroxylation sites is 1. The van der Waals surface area contributed by atoms with Crippen LogP contribution in [-0.2, 0) is 5.75 Å². The summed E-state index contributed by atoms with van der Waals surface area (Å²) in [5.41, 5.74) is 2.64. The average molecular weight is 389 g/mol. The summed E-state index contributed by atoms with van der Waals surface area (Å²) in [5, 5.41) is 22.5. The number of nitro groups is 1. The van der Waals surface area contributed by atoms with Crippen LogP contribution in [0.25, 0.3) is 0 Å². The van der Waals surface area contributed by atoms with Crippen LogP contribution in [0.2, 0.25) is 0 Å². The number of thioether (sulfide) groups is 1. The molecule has 0 saturated carbocycles. The second-order valence-electron chi connectivity index (χ2n) is 5.85. The predicted molar refractivity (Wildman–Crippen MR) is 108 cm³/mol. The lowest BCUT2D eigenvalue weighted by Crippen LogP contribution is -2.12. The Morgan fingerprint density at radius 3 is 2.36 bits per heavy atom. The Balaban J connectivity index is 1.69. The van der Waals surface area contributed by atoms with Gasteiger partial charge >= 0.3 is 0 Å². The van der Waals surface area contributed by atoms with E-state index in [0.29, 0.717) is 22.6 Å². The molecule has 28 heavy (non-hydrogen) atoms. The molecule has 0 spiro atoms. The third-order valence-electron chi connectivity index (χ3n) is 3.95. The molecule has 3 aromatic rings. The Morgan fingerprint density at radius 1 is 1.04 bits per heavy atom. The van der Waals surface area contributed by atoms with Gasteiger partial charge in [-0.25, -0.2) is 0 Å². The van der Waals surface area contributed by atoms with Gasteiger partial charge in [0.1, 0.15) is 0 Å². The van der Waals surface area contributed by atoms with E-state index in [2.05, 4.69) is 11.4 Å². The summed E-state index contributed by atoms with van der Waals surface area (Å²) in [5.74, 6) is 0.358. The van der Waals surface area contributed by atoms with Gasteiger partial charge in [0, 0.05) is 28.3 Å². The number of carbonyl (C=O) groups is 1. The highest BCUT2D eigenvalue weighted by molar-refractivity contribution is 7.98. The normalized spacial score (nSPS) is 10.1. The molecule has 6 nitrogen and oxygen atoms in total. The number of hydrogen-bond acceptors (Lipinski definition) is 5. The molecule has 138 valence electrons. The smallest absolute Gasteiger partial charge is 0.269 e. The molecule has 0 aliphatic heterocycles. The standard InChI is InChI=1S/C21H15N3O3S/c22-13-15-5-7-16(8-6-15)14-28-20-4-2-1-3-19(20)23-21(25)17-9-11-18(12-10-17)24(26)27/h1-12H,14H2,(H,23,25). The highest BCUT2D eigenvalue weighted by Crippen LogP contribution is 2.30. The van der Waals surface area contributed by atoms with E-state index in [1.165, 1.54) is 24.3 Å². The number of nitriles is 1. The number of non-ortho nitro benzene ring substituents is 1. The first kappa shape index (κ1) is 19.1. The minimum Gasteiger partial charge on any atom is -0.321 e. The minimum atomic E-state index is -0.503. The van der Waals surface area contributed by atoms with E-state index in [1.54, 1.807) is 23.9 Å². The summed E-state index contributed by atoms with van der Waals surface area (Å²) in [6.07, 6.45) is 0. The number of hydrogen-bond donors (Lipinski definition) is 1. The molecule has 3 rings (SSSR count). The predicted octanol–water partition coefficient (Wildman–Crippen LogP) is 5.01. The number of anilines is 1. The number of benzene rings is 3. The highest BCUT2D eigenvalue weighted by Gasteiger charge is 2.12. The van der Waals surface area contributed by atoms with E-state index in [1.807, 2.05) is 36.4 Å². The van der Waals surface area contributed by atoms with Gasteiger partial charge in [-0.1, -0.05) is 24.3 Å². The summed E-state index contributed by atoms with van der Waals surface area (Å²) in [6.45, 7) is 0. The zero-order valence-corrected chi connectivity index (χ0v) is 15.5. The average Bonchev–Trinajstić information content (AvgIpc) is 2.73. The number of carbonyl (C=O) groups excluding carboxylic acids is 1. The molecule has 0 heterocycles. The van der Waals surface area contributed by atoms with Gasteiger partial charge in [0.05, 0.1) is 22.2 Å². The Hall–Kier alpha value is -3.63. The fourth-order valence-electron chi connectivity index (χ4n) is 2.46. The van der Waals surface area contributed by atoms with Crippen LogP contribution in [0.1, 0.15) is 21.5 Å². The van der Waals surface area contributed by atoms with Crippen LogP contribution in [0.3, 0.4) is 0 Å². The summed E-state index contributed by atoms with van der Waals surface area (Å²) in [4.78, 5) is 23.6. The maximum absolute atomic E-state index is 12.5. The molecule has 0 aliphatic rings. The van der Waals surface area contributed by atoms with Gasteiger partial charge < -0.3 is 5.32 Å². The number of nitrogens with one attached hydrogen (secondary N) is 1. The van der Waals surface area contributed by atoms with Crippen LogP contribution in [0.4, 0.5) is 11.4 Å². The molecule has 0 bridgehead atoms. The van der Waals surface area contributed by atoms with Gasteiger partial charge in [-0.2, -0.15) is 5.26 Å². The first-order valence-corrected chi connectivity index (χ1v) is 9.32. The van der Waals surface area contributed by atoms with Crippen LogP contribution in [0.15, 0.2) is 77.7 Å². The molecule has 0 atom stereocenters. The third-order valence-corrected chi connectivity index (χ3v) is 5.10. The number of amides is 1. The van der Waals surface area contributed by atoms with Crippen molar-refractivity contribution < 1.29 is 9.72 Å². The maximum atomic E-state index is 12.5. The summed E-state index contributed by atoms with van der Waals surface area (Å²) in [6, 6.07) is 22.4. The molecule has 0 unspecified atom stereocenters. The van der Waals surface area contributed by atoms with Crippen molar-refractivity contribution in [2.24, 2.45) is 0 Å². The highest BCUT2D eigenvalue weighted by atomic mass is 32.2.